The molecule has 0 aliphatic carbocycles. The van der Waals surface area contributed by atoms with Gasteiger partial charge in [0.25, 0.3) is 0 Å². The van der Waals surface area contributed by atoms with Crippen LogP contribution in [0.4, 0.5) is 0 Å². The summed E-state index contributed by atoms with van der Waals surface area (Å²) in [6.07, 6.45) is -2.25. The number of aliphatic hydroxyl groups is 6. The van der Waals surface area contributed by atoms with Crippen LogP contribution < -0.4 is 42.6 Å². The van der Waals surface area contributed by atoms with Crippen LogP contribution in [0.2, 0.25) is 0 Å². The number of rotatable bonds is 17. The molecule has 3 unspecified atom stereocenters. The Labute approximate surface area is 294 Å². The van der Waals surface area contributed by atoms with Gasteiger partial charge in [-0.3, -0.25) is 14.4 Å². The van der Waals surface area contributed by atoms with Crippen molar-refractivity contribution in [1.82, 2.24) is 9.80 Å². The summed E-state index contributed by atoms with van der Waals surface area (Å²) < 4.78 is 24.2. The first kappa shape index (κ1) is 46.9. The Bertz CT molecular complexity index is 1300. The maximum Gasteiger partial charge on any atom is 2.00 e. The van der Waals surface area contributed by atoms with Crippen molar-refractivity contribution in [2.24, 2.45) is 0 Å². The molecule has 0 aliphatic rings. The van der Waals surface area contributed by atoms with E-state index in [-0.39, 0.29) is 88.2 Å². The van der Waals surface area contributed by atoms with E-state index in [1.807, 2.05) is 0 Å². The van der Waals surface area contributed by atoms with Crippen molar-refractivity contribution in [3.63, 3.8) is 0 Å². The predicted molar refractivity (Wildman–Crippen MR) is 144 cm³/mol. The van der Waals surface area contributed by atoms with Crippen molar-refractivity contribution in [3.05, 3.63) is 57.6 Å². The third-order valence-electron chi connectivity index (χ3n) is 6.77. The van der Waals surface area contributed by atoms with Gasteiger partial charge in [-0.1, -0.05) is 12.1 Å². The van der Waals surface area contributed by atoms with Gasteiger partial charge in [-0.15, -0.1) is 0 Å². The number of aromatic hydroxyl groups is 2. The smallest absolute Gasteiger partial charge is 0.778 e. The summed E-state index contributed by atoms with van der Waals surface area (Å²) in [5, 5.41) is 80.7. The van der Waals surface area contributed by atoms with E-state index in [4.69, 9.17) is 0 Å². The predicted octanol–water partition coefficient (Wildman–Crippen LogP) is -8.26. The van der Waals surface area contributed by atoms with Gasteiger partial charge in [-0.05, 0) is 34.4 Å². The second kappa shape index (κ2) is 21.0. The van der Waals surface area contributed by atoms with E-state index in [1.54, 1.807) is 0 Å². The van der Waals surface area contributed by atoms with Gasteiger partial charge in [0, 0.05) is 24.2 Å². The van der Waals surface area contributed by atoms with E-state index in [1.165, 1.54) is 18.2 Å². The van der Waals surface area contributed by atoms with Gasteiger partial charge >= 0.3 is 62.4 Å². The summed E-state index contributed by atoms with van der Waals surface area (Å²) in [5.74, 6) is -0.904. The fourth-order valence-electron chi connectivity index (χ4n) is 4.82. The number of phenolic OH excluding ortho intramolecular Hbond substituents is 2. The van der Waals surface area contributed by atoms with E-state index < -0.39 is 104 Å². The van der Waals surface area contributed by atoms with Gasteiger partial charge in [0.15, 0.2) is 0 Å². The number of phenols is 2. The van der Waals surface area contributed by atoms with Crippen LogP contribution in [-0.2, 0) is 65.7 Å². The van der Waals surface area contributed by atoms with Crippen LogP contribution >= 0.6 is 15.2 Å². The van der Waals surface area contributed by atoms with Gasteiger partial charge in [0.2, 0.25) is 0 Å². The normalized spacial score (nSPS) is 14.2. The summed E-state index contributed by atoms with van der Waals surface area (Å²) in [6, 6.07) is 1.95. The van der Waals surface area contributed by atoms with Crippen LogP contribution in [0.5, 0.6) is 11.5 Å². The molecule has 0 fully saturated rings. The maximum atomic E-state index is 12.1. The van der Waals surface area contributed by atoms with E-state index >= 15 is 0 Å². The molecule has 0 aromatic heterocycles. The van der Waals surface area contributed by atoms with Crippen LogP contribution in [-0.4, -0.2) is 103 Å². The Kier molecular flexibility index (Phi) is 21.8. The molecule has 244 valence electrons. The molecule has 0 saturated heterocycles. The summed E-state index contributed by atoms with van der Waals surface area (Å²) in [6.45, 7) is -5.46. The number of aliphatic hydroxyl groups excluding tert-OH is 6. The molecule has 11 N–H and O–H groups in total. The molecular formula is C24H37FeLi2N2O14P2+3. The number of benzene rings is 2. The molecule has 2 aromatic carbocycles. The van der Waals surface area contributed by atoms with Gasteiger partial charge in [-0.2, -0.15) is 0 Å². The second-order valence-electron chi connectivity index (χ2n) is 9.66. The third kappa shape index (κ3) is 13.6. The summed E-state index contributed by atoms with van der Waals surface area (Å²) in [5.41, 5.74) is 0.362. The van der Waals surface area contributed by atoms with Crippen LogP contribution in [0.25, 0.3) is 0 Å². The van der Waals surface area contributed by atoms with Crippen molar-refractivity contribution in [1.29, 1.82) is 0 Å². The molecule has 0 saturated carbocycles. The zero-order valence-corrected chi connectivity index (χ0v) is 27.7. The van der Waals surface area contributed by atoms with Crippen molar-refractivity contribution in [2.45, 2.75) is 51.6 Å². The quantitative estimate of drug-likeness (QED) is 0.0537. The molecule has 2 aromatic rings. The topological polar surface area (TPSA) is 286 Å². The standard InChI is InChI=1S/C24H38N2O14P2.Fe.2Li/c27-7-15-3-17(9-29)18(24(34)4-15)5-25(13-41(35,36)37)21(11-31)22(12-32)26(14-42(38,39)40)6-19-20(10-30)16(8-28)1-2-23(19)33;;;/h1-4,21-22,27-34H,5-14H2,(H2,35,36,37)(H2,38,39,40);;;/q;+2;2*+1/p-1. The SMILES string of the molecule is O=P([O-])(O)CN(Cc1c(O)cc(CO)cc1CO)C(CO)C(CO)N(Cc1c(O)ccc(CO)c1CO)CP(=O)(O)O.[Fe+2].[Li+].[Li+]. The first-order valence-electron chi connectivity index (χ1n) is 12.5. The largest absolute Gasteiger partial charge is 2.00 e. The molecule has 45 heavy (non-hydrogen) atoms. The summed E-state index contributed by atoms with van der Waals surface area (Å²) in [7, 11) is -10.1. The molecule has 0 bridgehead atoms. The van der Waals surface area contributed by atoms with Crippen LogP contribution in [0.15, 0.2) is 24.3 Å². The first-order valence-corrected chi connectivity index (χ1v) is 16.1. The first-order chi connectivity index (χ1) is 19.6. The van der Waals surface area contributed by atoms with Crippen LogP contribution in [0.1, 0.15) is 33.4 Å². The monoisotopic (exact) mass is 709 g/mol. The van der Waals surface area contributed by atoms with Gasteiger partial charge < -0.3 is 65.0 Å². The molecule has 21 heteroatoms. The second-order valence-corrected chi connectivity index (χ2v) is 12.8. The minimum atomic E-state index is -5.17. The van der Waals surface area contributed by atoms with Crippen molar-refractivity contribution >= 4 is 15.2 Å². The molecule has 0 spiro atoms. The summed E-state index contributed by atoms with van der Waals surface area (Å²) >= 11 is 0. The van der Waals surface area contributed by atoms with E-state index in [0.29, 0.717) is 0 Å². The van der Waals surface area contributed by atoms with Crippen molar-refractivity contribution in [3.8, 4) is 11.5 Å². The fourth-order valence-corrected chi connectivity index (χ4v) is 6.37. The van der Waals surface area contributed by atoms with Gasteiger partial charge in [-0.25, -0.2) is 0 Å². The fraction of sp³-hybridized carbons (Fsp3) is 0.500. The number of hydrogen-bond acceptors (Lipinski definition) is 13. The van der Waals surface area contributed by atoms with Crippen LogP contribution in [0.3, 0.4) is 0 Å². The van der Waals surface area contributed by atoms with E-state index in [9.17, 15) is 69.6 Å². The molecule has 16 nitrogen and oxygen atoms in total. The average Bonchev–Trinajstić information content (AvgIpc) is 2.91. The Hall–Kier alpha value is -0.266. The summed E-state index contributed by atoms with van der Waals surface area (Å²) in [4.78, 5) is 43.2. The molecule has 0 heterocycles. The maximum absolute atomic E-state index is 12.1. The molecule has 0 radical (unpaired) electrons. The number of nitrogens with zero attached hydrogens (tertiary/aromatic N) is 2. The Morgan fingerprint density at radius 3 is 1.60 bits per heavy atom. The van der Waals surface area contributed by atoms with Gasteiger partial charge in [0.05, 0.1) is 58.0 Å². The van der Waals surface area contributed by atoms with Crippen molar-refractivity contribution < 1.29 is 124 Å². The molecule has 0 aliphatic heterocycles. The number of hydrogen-bond donors (Lipinski definition) is 11. The van der Waals surface area contributed by atoms with E-state index in [0.717, 1.165) is 15.9 Å². The Morgan fingerprint density at radius 2 is 1.18 bits per heavy atom. The Balaban J connectivity index is 0. The zero-order valence-electron chi connectivity index (χ0n) is 24.8. The van der Waals surface area contributed by atoms with Crippen molar-refractivity contribution in [2.75, 3.05) is 25.8 Å². The molecule has 3 atom stereocenters. The third-order valence-corrected chi connectivity index (χ3v) is 8.22. The molecular weight excluding hydrogens is 672 g/mol. The zero-order chi connectivity index (χ0) is 31.8. The van der Waals surface area contributed by atoms with E-state index in [2.05, 4.69) is 0 Å². The Morgan fingerprint density at radius 1 is 0.667 bits per heavy atom. The molecule has 0 amide bonds. The van der Waals surface area contributed by atoms with Gasteiger partial charge in [0.1, 0.15) is 25.4 Å². The minimum absolute atomic E-state index is 0. The molecule has 2 rings (SSSR count). The minimum Gasteiger partial charge on any atom is -0.778 e. The average molecular weight is 709 g/mol. The van der Waals surface area contributed by atoms with Crippen LogP contribution in [0, 0.1) is 0 Å².